The summed E-state index contributed by atoms with van der Waals surface area (Å²) in [6.07, 6.45) is -3.51. The maximum Gasteiger partial charge on any atom is 0.417 e. The first-order valence-electron chi connectivity index (χ1n) is 8.93. The Bertz CT molecular complexity index is 1120. The average Bonchev–Trinajstić information content (AvgIpc) is 3.34. The van der Waals surface area contributed by atoms with Crippen molar-refractivity contribution in [1.29, 1.82) is 0 Å². The molecule has 1 unspecified atom stereocenters. The minimum atomic E-state index is -4.82. The third-order valence-electron chi connectivity index (χ3n) is 4.45. The Balaban J connectivity index is 2.10. The highest BCUT2D eigenvalue weighted by Gasteiger charge is 2.37. The van der Waals surface area contributed by atoms with Gasteiger partial charge in [0.25, 0.3) is 0 Å². The second-order valence-electron chi connectivity index (χ2n) is 6.57. The number of methoxy groups -OCH3 is 1. The van der Waals surface area contributed by atoms with Crippen molar-refractivity contribution in [2.75, 3.05) is 7.11 Å². The van der Waals surface area contributed by atoms with E-state index in [0.29, 0.717) is 0 Å². The van der Waals surface area contributed by atoms with Crippen LogP contribution in [0.2, 0.25) is 0 Å². The monoisotopic (exact) mass is 437 g/mol. The number of ether oxygens (including phenoxy) is 2. The van der Waals surface area contributed by atoms with E-state index in [4.69, 9.17) is 4.74 Å². The normalized spacial score (nSPS) is 12.5. The van der Waals surface area contributed by atoms with Crippen molar-refractivity contribution >= 4 is 11.8 Å². The van der Waals surface area contributed by atoms with Gasteiger partial charge in [0.2, 0.25) is 11.7 Å². The molecule has 12 heteroatoms. The molecule has 1 aromatic carbocycles. The van der Waals surface area contributed by atoms with Gasteiger partial charge in [0, 0.05) is 12.6 Å². The number of ketones is 1. The van der Waals surface area contributed by atoms with Crippen LogP contribution in [0.25, 0.3) is 5.69 Å². The van der Waals surface area contributed by atoms with E-state index in [1.165, 1.54) is 44.3 Å². The van der Waals surface area contributed by atoms with Gasteiger partial charge in [0.1, 0.15) is 18.2 Å². The van der Waals surface area contributed by atoms with Gasteiger partial charge in [0.05, 0.1) is 24.1 Å². The molecule has 0 radical (unpaired) electrons. The van der Waals surface area contributed by atoms with Gasteiger partial charge in [0.15, 0.2) is 6.10 Å². The molecule has 31 heavy (non-hydrogen) atoms. The van der Waals surface area contributed by atoms with Crippen molar-refractivity contribution in [2.45, 2.75) is 26.1 Å². The molecule has 3 aromatic rings. The summed E-state index contributed by atoms with van der Waals surface area (Å²) in [6.45, 7) is 2.84. The number of aryl methyl sites for hydroxylation is 2. The number of benzene rings is 1. The van der Waals surface area contributed by atoms with E-state index in [2.05, 4.69) is 19.9 Å². The molecule has 0 aliphatic rings. The molecular weight excluding hydrogens is 419 g/mol. The minimum Gasteiger partial charge on any atom is -0.466 e. The maximum atomic E-state index is 13.8. The zero-order valence-electron chi connectivity index (χ0n) is 17.0. The standard InChI is InChI=1S/C19H18F3N5O4/c1-10-15(17(26(3)25-10)31-11(2)18(29)30-4)16(28)13-6-5-12(27-9-23-8-24-27)7-14(13)19(20,21)22/h5-9,11H,1-4H3. The number of hydrogen-bond donors (Lipinski definition) is 0. The van der Waals surface area contributed by atoms with Crippen LogP contribution in [0, 0.1) is 6.92 Å². The Hall–Kier alpha value is -3.70. The number of rotatable bonds is 6. The van der Waals surface area contributed by atoms with Crippen molar-refractivity contribution in [3.8, 4) is 11.6 Å². The zero-order chi connectivity index (χ0) is 22.9. The van der Waals surface area contributed by atoms with Gasteiger partial charge in [-0.15, -0.1) is 0 Å². The van der Waals surface area contributed by atoms with Gasteiger partial charge in [-0.05, 0) is 32.0 Å². The molecule has 0 spiro atoms. The lowest BCUT2D eigenvalue weighted by Gasteiger charge is -2.16. The SMILES string of the molecule is COC(=O)C(C)Oc1c(C(=O)c2ccc(-n3cncn3)cc2C(F)(F)F)c(C)nn1C. The number of esters is 1. The van der Waals surface area contributed by atoms with Crippen molar-refractivity contribution in [2.24, 2.45) is 7.05 Å². The molecule has 0 saturated carbocycles. The lowest BCUT2D eigenvalue weighted by molar-refractivity contribution is -0.148. The van der Waals surface area contributed by atoms with E-state index >= 15 is 0 Å². The molecule has 0 amide bonds. The summed E-state index contributed by atoms with van der Waals surface area (Å²) in [5, 5.41) is 7.87. The number of alkyl halides is 3. The second-order valence-corrected chi connectivity index (χ2v) is 6.57. The number of carbonyl (C=O) groups excluding carboxylic acids is 2. The Kier molecular flexibility index (Phi) is 5.82. The molecule has 0 saturated heterocycles. The second kappa shape index (κ2) is 8.20. The fourth-order valence-corrected chi connectivity index (χ4v) is 3.00. The molecule has 2 aromatic heterocycles. The Morgan fingerprint density at radius 2 is 1.94 bits per heavy atom. The van der Waals surface area contributed by atoms with Crippen molar-refractivity contribution in [3.63, 3.8) is 0 Å². The lowest BCUT2D eigenvalue weighted by Crippen LogP contribution is -2.26. The topological polar surface area (TPSA) is 101 Å². The molecular formula is C19H18F3N5O4. The molecule has 3 rings (SSSR count). The molecule has 0 aliphatic carbocycles. The maximum absolute atomic E-state index is 13.8. The molecule has 9 nitrogen and oxygen atoms in total. The molecule has 0 bridgehead atoms. The van der Waals surface area contributed by atoms with E-state index in [1.54, 1.807) is 0 Å². The summed E-state index contributed by atoms with van der Waals surface area (Å²) >= 11 is 0. The van der Waals surface area contributed by atoms with Gasteiger partial charge in [-0.3, -0.25) is 4.79 Å². The van der Waals surface area contributed by atoms with Crippen molar-refractivity contribution in [3.05, 3.63) is 53.2 Å². The number of carbonyl (C=O) groups is 2. The summed E-state index contributed by atoms with van der Waals surface area (Å²) in [6, 6.07) is 3.19. The predicted octanol–water partition coefficient (Wildman–Crippen LogP) is 2.50. The van der Waals surface area contributed by atoms with E-state index in [9.17, 15) is 22.8 Å². The summed E-state index contributed by atoms with van der Waals surface area (Å²) < 4.78 is 53.8. The van der Waals surface area contributed by atoms with Crippen molar-refractivity contribution < 1.29 is 32.2 Å². The average molecular weight is 437 g/mol. The summed E-state index contributed by atoms with van der Waals surface area (Å²) in [4.78, 5) is 28.6. The van der Waals surface area contributed by atoms with Crippen LogP contribution in [-0.2, 0) is 22.8 Å². The highest BCUT2D eigenvalue weighted by molar-refractivity contribution is 6.12. The van der Waals surface area contributed by atoms with Gasteiger partial charge in [-0.2, -0.15) is 23.4 Å². The van der Waals surface area contributed by atoms with Crippen LogP contribution in [0.1, 0.15) is 34.1 Å². The predicted molar refractivity (Wildman–Crippen MR) is 99.8 cm³/mol. The first-order chi connectivity index (χ1) is 14.5. The molecule has 0 N–H and O–H groups in total. The van der Waals surface area contributed by atoms with E-state index in [-0.39, 0.29) is 22.8 Å². The summed E-state index contributed by atoms with van der Waals surface area (Å²) in [7, 11) is 2.61. The van der Waals surface area contributed by atoms with Crippen molar-refractivity contribution in [1.82, 2.24) is 24.5 Å². The van der Waals surface area contributed by atoms with Gasteiger partial charge >= 0.3 is 12.1 Å². The fourth-order valence-electron chi connectivity index (χ4n) is 3.00. The molecule has 1 atom stereocenters. The van der Waals surface area contributed by atoms with Crippen LogP contribution < -0.4 is 4.74 Å². The molecule has 0 aliphatic heterocycles. The molecule has 0 fully saturated rings. The first kappa shape index (κ1) is 22.0. The molecule has 2 heterocycles. The Labute approximate surface area is 174 Å². The van der Waals surface area contributed by atoms with Crippen LogP contribution in [0.3, 0.4) is 0 Å². The number of aromatic nitrogens is 5. The summed E-state index contributed by atoms with van der Waals surface area (Å²) in [5.74, 6) is -1.81. The quantitative estimate of drug-likeness (QED) is 0.431. The zero-order valence-corrected chi connectivity index (χ0v) is 17.0. The summed E-state index contributed by atoms with van der Waals surface area (Å²) in [5.41, 5.74) is -1.70. The van der Waals surface area contributed by atoms with Gasteiger partial charge in [-0.25, -0.2) is 19.1 Å². The van der Waals surface area contributed by atoms with E-state index in [1.807, 2.05) is 0 Å². The van der Waals surface area contributed by atoms with Crippen LogP contribution in [0.5, 0.6) is 5.88 Å². The van der Waals surface area contributed by atoms with E-state index < -0.39 is 35.2 Å². The van der Waals surface area contributed by atoms with Crippen LogP contribution in [0.15, 0.2) is 30.9 Å². The lowest BCUT2D eigenvalue weighted by atomic mass is 9.97. The molecule has 164 valence electrons. The van der Waals surface area contributed by atoms with Gasteiger partial charge in [-0.1, -0.05) is 0 Å². The third kappa shape index (κ3) is 4.27. The van der Waals surface area contributed by atoms with E-state index in [0.717, 1.165) is 23.9 Å². The fraction of sp³-hybridized carbons (Fsp3) is 0.316. The third-order valence-corrected chi connectivity index (χ3v) is 4.45. The van der Waals surface area contributed by atoms with Gasteiger partial charge < -0.3 is 9.47 Å². The first-order valence-corrected chi connectivity index (χ1v) is 8.93. The largest absolute Gasteiger partial charge is 0.466 e. The van der Waals surface area contributed by atoms with Crippen LogP contribution >= 0.6 is 0 Å². The number of halogens is 3. The minimum absolute atomic E-state index is 0.0834. The number of hydrogen-bond acceptors (Lipinski definition) is 7. The highest BCUT2D eigenvalue weighted by atomic mass is 19.4. The smallest absolute Gasteiger partial charge is 0.417 e. The Morgan fingerprint density at radius 3 is 2.52 bits per heavy atom. The number of nitrogens with zero attached hydrogens (tertiary/aromatic N) is 5. The Morgan fingerprint density at radius 1 is 1.23 bits per heavy atom. The van der Waals surface area contributed by atoms with Crippen LogP contribution in [-0.4, -0.2) is 49.5 Å². The highest BCUT2D eigenvalue weighted by Crippen LogP contribution is 2.36. The van der Waals surface area contributed by atoms with Crippen LogP contribution in [0.4, 0.5) is 13.2 Å².